The van der Waals surface area contributed by atoms with Crippen molar-refractivity contribution in [2.24, 2.45) is 0 Å². The second kappa shape index (κ2) is 5.69. The zero-order valence-corrected chi connectivity index (χ0v) is 14.7. The number of aromatic nitrogens is 3. The number of furan rings is 1. The molecule has 0 amide bonds. The van der Waals surface area contributed by atoms with E-state index in [2.05, 4.69) is 15.0 Å². The standard InChI is InChI=1S/C21H15FN4O2/c22-13-5-6-17-15(10-13)25-21(28-17)26-8-7-14-19(24-11-23-14)20(26)18-9-12-3-1-2-4-16(12)27-18/h1-6,9-11,20H,7-8H2,(H,23,24)/t20-/m0/s1. The molecule has 0 saturated heterocycles. The fraction of sp³-hybridized carbons (Fsp3) is 0.143. The van der Waals surface area contributed by atoms with E-state index in [1.807, 2.05) is 35.2 Å². The summed E-state index contributed by atoms with van der Waals surface area (Å²) in [6.45, 7) is 0.673. The summed E-state index contributed by atoms with van der Waals surface area (Å²) in [5, 5.41) is 1.03. The van der Waals surface area contributed by atoms with Gasteiger partial charge in [-0.05, 0) is 24.3 Å². The van der Waals surface area contributed by atoms with Gasteiger partial charge in [0.2, 0.25) is 0 Å². The van der Waals surface area contributed by atoms with Crippen molar-refractivity contribution in [2.45, 2.75) is 12.5 Å². The summed E-state index contributed by atoms with van der Waals surface area (Å²) < 4.78 is 25.7. The van der Waals surface area contributed by atoms with E-state index in [1.165, 1.54) is 12.1 Å². The predicted octanol–water partition coefficient (Wildman–Crippen LogP) is 4.59. The van der Waals surface area contributed by atoms with Crippen LogP contribution in [-0.2, 0) is 6.42 Å². The molecule has 3 aromatic heterocycles. The molecule has 2 aromatic carbocycles. The van der Waals surface area contributed by atoms with Crippen molar-refractivity contribution in [3.8, 4) is 0 Å². The molecule has 28 heavy (non-hydrogen) atoms. The Kier molecular flexibility index (Phi) is 3.14. The summed E-state index contributed by atoms with van der Waals surface area (Å²) in [6.07, 6.45) is 2.48. The third-order valence-electron chi connectivity index (χ3n) is 5.22. The maximum atomic E-state index is 13.6. The lowest BCUT2D eigenvalue weighted by atomic mass is 10.0. The van der Waals surface area contributed by atoms with Gasteiger partial charge in [0.1, 0.15) is 28.7 Å². The molecule has 1 N–H and O–H groups in total. The number of nitrogens with one attached hydrogen (secondary N) is 1. The number of nitrogens with zero attached hydrogens (tertiary/aromatic N) is 3. The Morgan fingerprint density at radius 3 is 2.93 bits per heavy atom. The van der Waals surface area contributed by atoms with Gasteiger partial charge in [0.15, 0.2) is 5.58 Å². The number of hydrogen-bond acceptors (Lipinski definition) is 5. The quantitative estimate of drug-likeness (QED) is 0.489. The molecule has 1 atom stereocenters. The maximum Gasteiger partial charge on any atom is 0.299 e. The van der Waals surface area contributed by atoms with Gasteiger partial charge in [-0.15, -0.1) is 0 Å². The van der Waals surface area contributed by atoms with E-state index in [4.69, 9.17) is 8.83 Å². The van der Waals surface area contributed by atoms with E-state index < -0.39 is 0 Å². The minimum Gasteiger partial charge on any atom is -0.458 e. The molecular weight excluding hydrogens is 359 g/mol. The number of fused-ring (bicyclic) bond motifs is 3. The smallest absolute Gasteiger partial charge is 0.299 e. The van der Waals surface area contributed by atoms with Gasteiger partial charge in [-0.3, -0.25) is 0 Å². The maximum absolute atomic E-state index is 13.6. The van der Waals surface area contributed by atoms with E-state index in [0.717, 1.165) is 34.5 Å². The Balaban J connectivity index is 1.52. The van der Waals surface area contributed by atoms with Crippen LogP contribution >= 0.6 is 0 Å². The highest BCUT2D eigenvalue weighted by atomic mass is 19.1. The normalized spacial score (nSPS) is 16.8. The highest BCUT2D eigenvalue weighted by molar-refractivity contribution is 5.78. The van der Waals surface area contributed by atoms with Crippen LogP contribution in [0.4, 0.5) is 10.4 Å². The van der Waals surface area contributed by atoms with Crippen LogP contribution in [-0.4, -0.2) is 21.5 Å². The second-order valence-corrected chi connectivity index (χ2v) is 6.91. The highest BCUT2D eigenvalue weighted by Crippen LogP contribution is 2.39. The average molecular weight is 374 g/mol. The molecule has 138 valence electrons. The number of hydrogen-bond donors (Lipinski definition) is 1. The lowest BCUT2D eigenvalue weighted by Crippen LogP contribution is -2.36. The molecule has 1 aliphatic rings. The lowest BCUT2D eigenvalue weighted by Gasteiger charge is -2.32. The van der Waals surface area contributed by atoms with E-state index in [-0.39, 0.29) is 11.9 Å². The Morgan fingerprint density at radius 1 is 1.07 bits per heavy atom. The Morgan fingerprint density at radius 2 is 2.00 bits per heavy atom. The molecule has 0 aliphatic carbocycles. The number of aromatic amines is 1. The number of H-pyrrole nitrogens is 1. The van der Waals surface area contributed by atoms with Crippen LogP contribution < -0.4 is 4.90 Å². The monoisotopic (exact) mass is 374 g/mol. The second-order valence-electron chi connectivity index (χ2n) is 6.91. The first kappa shape index (κ1) is 15.4. The van der Waals surface area contributed by atoms with Gasteiger partial charge < -0.3 is 18.7 Å². The number of rotatable bonds is 2. The Labute approximate surface area is 158 Å². The lowest BCUT2D eigenvalue weighted by molar-refractivity contribution is 0.458. The van der Waals surface area contributed by atoms with E-state index in [9.17, 15) is 4.39 Å². The first-order valence-electron chi connectivity index (χ1n) is 9.09. The zero-order chi connectivity index (χ0) is 18.7. The molecule has 7 heteroatoms. The molecule has 0 saturated carbocycles. The Bertz CT molecular complexity index is 1290. The number of benzene rings is 2. The fourth-order valence-corrected chi connectivity index (χ4v) is 3.92. The Hall–Kier alpha value is -3.61. The first-order chi connectivity index (χ1) is 13.8. The van der Waals surface area contributed by atoms with Gasteiger partial charge in [-0.2, -0.15) is 4.98 Å². The van der Waals surface area contributed by atoms with Crippen molar-refractivity contribution in [1.82, 2.24) is 15.0 Å². The van der Waals surface area contributed by atoms with E-state index in [0.29, 0.717) is 23.7 Å². The molecule has 5 aromatic rings. The largest absolute Gasteiger partial charge is 0.458 e. The molecule has 0 radical (unpaired) electrons. The minimum atomic E-state index is -0.339. The van der Waals surface area contributed by atoms with Crippen LogP contribution in [0.2, 0.25) is 0 Å². The third-order valence-corrected chi connectivity index (χ3v) is 5.22. The molecule has 1 aliphatic heterocycles. The van der Waals surface area contributed by atoms with Crippen LogP contribution in [0.1, 0.15) is 23.2 Å². The zero-order valence-electron chi connectivity index (χ0n) is 14.7. The number of imidazole rings is 1. The van der Waals surface area contributed by atoms with Crippen molar-refractivity contribution in [3.05, 3.63) is 77.8 Å². The summed E-state index contributed by atoms with van der Waals surface area (Å²) >= 11 is 0. The number of oxazole rings is 1. The molecule has 0 spiro atoms. The number of para-hydroxylation sites is 1. The topological polar surface area (TPSA) is 71.1 Å². The van der Waals surface area contributed by atoms with Crippen molar-refractivity contribution in [1.29, 1.82) is 0 Å². The molecule has 6 rings (SSSR count). The summed E-state index contributed by atoms with van der Waals surface area (Å²) in [7, 11) is 0. The molecule has 4 heterocycles. The molecular formula is C21H15FN4O2. The van der Waals surface area contributed by atoms with Gasteiger partial charge in [0.25, 0.3) is 6.01 Å². The van der Waals surface area contributed by atoms with Gasteiger partial charge in [0.05, 0.1) is 12.0 Å². The SMILES string of the molecule is Fc1ccc2oc(N3CCc4[nH]cnc4[C@@H]3c3cc4ccccc4o3)nc2c1. The molecule has 6 nitrogen and oxygen atoms in total. The predicted molar refractivity (Wildman–Crippen MR) is 102 cm³/mol. The summed E-state index contributed by atoms with van der Waals surface area (Å²) in [5.74, 6) is 0.428. The van der Waals surface area contributed by atoms with Crippen LogP contribution in [0.5, 0.6) is 0 Å². The minimum absolute atomic E-state index is 0.277. The van der Waals surface area contributed by atoms with Crippen LogP contribution in [0, 0.1) is 5.82 Å². The van der Waals surface area contributed by atoms with E-state index in [1.54, 1.807) is 12.4 Å². The molecule has 0 fully saturated rings. The van der Waals surface area contributed by atoms with Crippen LogP contribution in [0.25, 0.3) is 22.1 Å². The van der Waals surface area contributed by atoms with Gasteiger partial charge in [-0.1, -0.05) is 18.2 Å². The first-order valence-corrected chi connectivity index (χ1v) is 9.09. The number of anilines is 1. The van der Waals surface area contributed by atoms with Gasteiger partial charge >= 0.3 is 0 Å². The van der Waals surface area contributed by atoms with Crippen molar-refractivity contribution in [2.75, 3.05) is 11.4 Å². The number of halogens is 1. The van der Waals surface area contributed by atoms with Gasteiger partial charge in [0, 0.05) is 30.1 Å². The summed E-state index contributed by atoms with van der Waals surface area (Å²) in [6, 6.07) is 14.4. The molecule has 0 unspecified atom stereocenters. The summed E-state index contributed by atoms with van der Waals surface area (Å²) in [4.78, 5) is 14.3. The van der Waals surface area contributed by atoms with Crippen LogP contribution in [0.15, 0.2) is 63.7 Å². The summed E-state index contributed by atoms with van der Waals surface area (Å²) in [5.41, 5.74) is 3.82. The van der Waals surface area contributed by atoms with Crippen molar-refractivity contribution in [3.63, 3.8) is 0 Å². The molecule has 0 bridgehead atoms. The van der Waals surface area contributed by atoms with Crippen LogP contribution in [0.3, 0.4) is 0 Å². The van der Waals surface area contributed by atoms with Crippen molar-refractivity contribution < 1.29 is 13.2 Å². The third kappa shape index (κ3) is 2.26. The highest BCUT2D eigenvalue weighted by Gasteiger charge is 2.36. The van der Waals surface area contributed by atoms with Crippen molar-refractivity contribution >= 4 is 28.1 Å². The fourth-order valence-electron chi connectivity index (χ4n) is 3.92. The van der Waals surface area contributed by atoms with E-state index >= 15 is 0 Å². The average Bonchev–Trinajstić information content (AvgIpc) is 3.43. The van der Waals surface area contributed by atoms with Gasteiger partial charge in [-0.25, -0.2) is 9.37 Å².